The van der Waals surface area contributed by atoms with Crippen molar-refractivity contribution in [2.45, 2.75) is 32.6 Å². The van der Waals surface area contributed by atoms with Crippen molar-refractivity contribution in [1.29, 1.82) is 0 Å². The molecule has 0 spiro atoms. The van der Waals surface area contributed by atoms with Crippen LogP contribution in [0.2, 0.25) is 0 Å². The number of carbonyl (C=O) groups is 1. The standard InChI is InChI=1S/C18H18F3N5OS/c1-11(2)16(14-7-4-8-28-14)22-15(27)10-26-24-17(23-25-26)12-5-3-6-13(9-12)18(19,20)21/h3-9,11,16H,10H2,1-2H3,(H,22,27)/t16-/m1/s1. The fraction of sp³-hybridized carbons (Fsp3) is 0.333. The molecule has 28 heavy (non-hydrogen) atoms. The van der Waals surface area contributed by atoms with Gasteiger partial charge in [0, 0.05) is 10.4 Å². The number of tetrazole rings is 1. The van der Waals surface area contributed by atoms with Crippen molar-refractivity contribution >= 4 is 17.2 Å². The molecule has 0 fully saturated rings. The van der Waals surface area contributed by atoms with Crippen LogP contribution in [-0.4, -0.2) is 26.1 Å². The van der Waals surface area contributed by atoms with E-state index in [4.69, 9.17) is 0 Å². The summed E-state index contributed by atoms with van der Waals surface area (Å²) in [4.78, 5) is 14.5. The number of hydrogen-bond donors (Lipinski definition) is 1. The minimum Gasteiger partial charge on any atom is -0.347 e. The minimum atomic E-state index is -4.46. The number of halogens is 3. The van der Waals surface area contributed by atoms with Crippen molar-refractivity contribution in [2.75, 3.05) is 0 Å². The molecule has 0 aliphatic heterocycles. The van der Waals surface area contributed by atoms with E-state index < -0.39 is 11.7 Å². The summed E-state index contributed by atoms with van der Waals surface area (Å²) in [6.45, 7) is 3.83. The third-order valence-electron chi connectivity index (χ3n) is 4.02. The highest BCUT2D eigenvalue weighted by Gasteiger charge is 2.30. The molecule has 1 amide bonds. The number of rotatable bonds is 6. The van der Waals surface area contributed by atoms with Gasteiger partial charge in [-0.3, -0.25) is 4.79 Å². The number of amides is 1. The fourth-order valence-corrected chi connectivity index (χ4v) is 3.59. The molecule has 0 unspecified atom stereocenters. The van der Waals surface area contributed by atoms with Crippen LogP contribution in [0.5, 0.6) is 0 Å². The molecule has 3 aromatic rings. The number of thiophene rings is 1. The molecular weight excluding hydrogens is 391 g/mol. The fourth-order valence-electron chi connectivity index (χ4n) is 2.64. The monoisotopic (exact) mass is 409 g/mol. The molecule has 1 N–H and O–H groups in total. The Morgan fingerprint density at radius 1 is 1.25 bits per heavy atom. The summed E-state index contributed by atoms with van der Waals surface area (Å²) in [6.07, 6.45) is -4.46. The van der Waals surface area contributed by atoms with Gasteiger partial charge in [-0.25, -0.2) is 0 Å². The smallest absolute Gasteiger partial charge is 0.347 e. The Labute approximate surface area is 163 Å². The van der Waals surface area contributed by atoms with Crippen LogP contribution in [0.3, 0.4) is 0 Å². The predicted molar refractivity (Wildman–Crippen MR) is 98.3 cm³/mol. The zero-order valence-electron chi connectivity index (χ0n) is 15.1. The van der Waals surface area contributed by atoms with Gasteiger partial charge in [-0.05, 0) is 34.7 Å². The van der Waals surface area contributed by atoms with E-state index in [2.05, 4.69) is 20.7 Å². The Kier molecular flexibility index (Phi) is 5.78. The van der Waals surface area contributed by atoms with Crippen molar-refractivity contribution < 1.29 is 18.0 Å². The van der Waals surface area contributed by atoms with Crippen molar-refractivity contribution in [3.8, 4) is 11.4 Å². The van der Waals surface area contributed by atoms with Gasteiger partial charge >= 0.3 is 6.18 Å². The Morgan fingerprint density at radius 2 is 2.04 bits per heavy atom. The van der Waals surface area contributed by atoms with Crippen LogP contribution in [0.4, 0.5) is 13.2 Å². The number of benzene rings is 1. The Morgan fingerprint density at radius 3 is 2.68 bits per heavy atom. The van der Waals surface area contributed by atoms with Gasteiger partial charge in [0.1, 0.15) is 6.54 Å². The number of nitrogens with one attached hydrogen (secondary N) is 1. The maximum Gasteiger partial charge on any atom is 0.416 e. The van der Waals surface area contributed by atoms with E-state index in [-0.39, 0.29) is 35.8 Å². The van der Waals surface area contributed by atoms with Crippen LogP contribution in [0.15, 0.2) is 41.8 Å². The molecule has 6 nitrogen and oxygen atoms in total. The van der Waals surface area contributed by atoms with Crippen LogP contribution in [0.1, 0.15) is 30.3 Å². The normalized spacial score (nSPS) is 12.9. The maximum atomic E-state index is 12.9. The third-order valence-corrected chi connectivity index (χ3v) is 4.97. The first kappa shape index (κ1) is 20.0. The predicted octanol–water partition coefficient (Wildman–Crippen LogP) is 3.93. The summed E-state index contributed by atoms with van der Waals surface area (Å²) in [5, 5.41) is 16.4. The summed E-state index contributed by atoms with van der Waals surface area (Å²) >= 11 is 1.56. The Hall–Kier alpha value is -2.75. The van der Waals surface area contributed by atoms with Gasteiger partial charge in [0.2, 0.25) is 11.7 Å². The molecule has 148 valence electrons. The molecule has 0 aliphatic carbocycles. The Bertz CT molecular complexity index is 937. The number of carbonyl (C=O) groups excluding carboxylic acids is 1. The lowest BCUT2D eigenvalue weighted by Gasteiger charge is -2.21. The lowest BCUT2D eigenvalue weighted by Crippen LogP contribution is -2.34. The van der Waals surface area contributed by atoms with Crippen molar-refractivity contribution in [3.05, 3.63) is 52.2 Å². The first-order valence-corrected chi connectivity index (χ1v) is 9.40. The summed E-state index contributed by atoms with van der Waals surface area (Å²) < 4.78 is 38.6. The molecule has 1 aromatic carbocycles. The highest BCUT2D eigenvalue weighted by Crippen LogP contribution is 2.31. The van der Waals surface area contributed by atoms with Crippen molar-refractivity contribution in [1.82, 2.24) is 25.5 Å². The van der Waals surface area contributed by atoms with E-state index in [1.807, 2.05) is 31.4 Å². The lowest BCUT2D eigenvalue weighted by molar-refractivity contribution is -0.137. The molecule has 1 atom stereocenters. The van der Waals surface area contributed by atoms with Gasteiger partial charge in [-0.15, -0.1) is 21.5 Å². The van der Waals surface area contributed by atoms with Gasteiger partial charge in [0.25, 0.3) is 0 Å². The van der Waals surface area contributed by atoms with Gasteiger partial charge in [0.15, 0.2) is 0 Å². The summed E-state index contributed by atoms with van der Waals surface area (Å²) in [7, 11) is 0. The average Bonchev–Trinajstić information content (AvgIpc) is 3.31. The van der Waals surface area contributed by atoms with E-state index in [1.165, 1.54) is 12.1 Å². The molecule has 0 bridgehead atoms. The number of alkyl halides is 3. The van der Waals surface area contributed by atoms with Gasteiger partial charge in [-0.2, -0.15) is 18.0 Å². The van der Waals surface area contributed by atoms with Crippen molar-refractivity contribution in [3.63, 3.8) is 0 Å². The molecule has 0 aliphatic rings. The highest BCUT2D eigenvalue weighted by atomic mass is 32.1. The minimum absolute atomic E-state index is 0.0255. The van der Waals surface area contributed by atoms with E-state index in [9.17, 15) is 18.0 Å². The van der Waals surface area contributed by atoms with E-state index in [1.54, 1.807) is 11.3 Å². The largest absolute Gasteiger partial charge is 0.416 e. The third kappa shape index (κ3) is 4.75. The molecule has 2 heterocycles. The topological polar surface area (TPSA) is 72.7 Å². The van der Waals surface area contributed by atoms with E-state index >= 15 is 0 Å². The van der Waals surface area contributed by atoms with Crippen molar-refractivity contribution in [2.24, 2.45) is 5.92 Å². The average molecular weight is 409 g/mol. The zero-order chi connectivity index (χ0) is 20.3. The molecular formula is C18H18F3N5OS. The molecule has 0 saturated carbocycles. The van der Waals surface area contributed by atoms with Crippen LogP contribution in [-0.2, 0) is 17.5 Å². The van der Waals surface area contributed by atoms with Gasteiger partial charge in [-0.1, -0.05) is 32.0 Å². The molecule has 3 rings (SSSR count). The van der Waals surface area contributed by atoms with Gasteiger partial charge in [0.05, 0.1) is 11.6 Å². The molecule has 10 heteroatoms. The number of hydrogen-bond acceptors (Lipinski definition) is 5. The van der Waals surface area contributed by atoms with Crippen LogP contribution < -0.4 is 5.32 Å². The molecule has 0 radical (unpaired) electrons. The first-order chi connectivity index (χ1) is 13.2. The van der Waals surface area contributed by atoms with Gasteiger partial charge < -0.3 is 5.32 Å². The molecule has 2 aromatic heterocycles. The van der Waals surface area contributed by atoms with E-state index in [0.29, 0.717) is 0 Å². The highest BCUT2D eigenvalue weighted by molar-refractivity contribution is 7.10. The second-order valence-electron chi connectivity index (χ2n) is 6.53. The number of nitrogens with zero attached hydrogens (tertiary/aromatic N) is 4. The Balaban J connectivity index is 1.70. The van der Waals surface area contributed by atoms with Crippen LogP contribution in [0, 0.1) is 5.92 Å². The summed E-state index contributed by atoms with van der Waals surface area (Å²) in [5.41, 5.74) is -0.616. The molecule has 0 saturated heterocycles. The van der Waals surface area contributed by atoms with E-state index in [0.717, 1.165) is 21.8 Å². The lowest BCUT2D eigenvalue weighted by atomic mass is 10.0. The zero-order valence-corrected chi connectivity index (χ0v) is 16.0. The second-order valence-corrected chi connectivity index (χ2v) is 7.51. The second kappa shape index (κ2) is 8.09. The summed E-state index contributed by atoms with van der Waals surface area (Å²) in [5.74, 6) is -0.0929. The first-order valence-electron chi connectivity index (χ1n) is 8.52. The maximum absolute atomic E-state index is 12.9. The number of aromatic nitrogens is 4. The quantitative estimate of drug-likeness (QED) is 0.670. The summed E-state index contributed by atoms with van der Waals surface area (Å²) in [6, 6.07) is 8.39. The van der Waals surface area contributed by atoms with Crippen LogP contribution >= 0.6 is 11.3 Å². The SMILES string of the molecule is CC(C)[C@@H](NC(=O)Cn1nnc(-c2cccc(C(F)(F)F)c2)n1)c1cccs1. The van der Waals surface area contributed by atoms with Crippen LogP contribution in [0.25, 0.3) is 11.4 Å².